The van der Waals surface area contributed by atoms with E-state index >= 15 is 0 Å². The highest BCUT2D eigenvalue weighted by Gasteiger charge is 2.36. The number of pyridine rings is 2. The molecule has 2 aliphatic rings. The third kappa shape index (κ3) is 3.32. The van der Waals surface area contributed by atoms with Crippen LogP contribution >= 0.6 is 0 Å². The summed E-state index contributed by atoms with van der Waals surface area (Å²) >= 11 is 0. The van der Waals surface area contributed by atoms with Crippen molar-refractivity contribution in [3.05, 3.63) is 82.7 Å². The fraction of sp³-hybridized carbons (Fsp3) is 0.259. The van der Waals surface area contributed by atoms with Crippen LogP contribution in [0, 0.1) is 20.8 Å². The van der Waals surface area contributed by atoms with Gasteiger partial charge in [-0.1, -0.05) is 18.2 Å². The molecule has 6 rings (SSSR count). The first kappa shape index (κ1) is 22.6. The first-order chi connectivity index (χ1) is 14.1. The molecule has 0 aliphatic carbocycles. The zero-order chi connectivity index (χ0) is 19.7. The van der Waals surface area contributed by atoms with Gasteiger partial charge in [0.1, 0.15) is 0 Å². The van der Waals surface area contributed by atoms with E-state index in [2.05, 4.69) is 84.8 Å². The molecule has 4 aromatic rings. The highest BCUT2D eigenvalue weighted by molar-refractivity contribution is 5.99. The van der Waals surface area contributed by atoms with Crippen LogP contribution in [-0.2, 0) is 25.9 Å². The Morgan fingerprint density at radius 2 is 1.35 bits per heavy atom. The molecule has 31 heavy (non-hydrogen) atoms. The zero-order valence-corrected chi connectivity index (χ0v) is 22.5. The first-order valence-electron chi connectivity index (χ1n) is 10.7. The molecule has 0 atom stereocenters. The summed E-state index contributed by atoms with van der Waals surface area (Å²) in [7, 11) is 0. The summed E-state index contributed by atoms with van der Waals surface area (Å²) < 4.78 is 4.93. The molecule has 2 aromatic heterocycles. The van der Waals surface area contributed by atoms with E-state index in [-0.39, 0.29) is 48.0 Å². The van der Waals surface area contributed by atoms with Gasteiger partial charge in [0.25, 0.3) is 0 Å². The normalized spacial score (nSPS) is 13.3. The van der Waals surface area contributed by atoms with E-state index in [0.29, 0.717) is 0 Å². The van der Waals surface area contributed by atoms with Crippen LogP contribution in [0.5, 0.6) is 0 Å². The van der Waals surface area contributed by atoms with Crippen molar-refractivity contribution in [1.82, 2.24) is 0 Å². The number of aromatic nitrogens is 2. The Hall–Kier alpha value is -1.54. The minimum absolute atomic E-state index is 0. The molecule has 0 unspecified atom stereocenters. The molecule has 0 N–H and O–H groups in total. The van der Waals surface area contributed by atoms with Gasteiger partial charge in [-0.3, -0.25) is 0 Å². The Morgan fingerprint density at radius 1 is 0.710 bits per heavy atom. The summed E-state index contributed by atoms with van der Waals surface area (Å²) in [6, 6.07) is 15.8. The lowest BCUT2D eigenvalue weighted by molar-refractivity contribution is -0.689. The van der Waals surface area contributed by atoms with Gasteiger partial charge in [-0.05, 0) is 60.0 Å². The fourth-order valence-electron chi connectivity index (χ4n) is 5.53. The van der Waals surface area contributed by atoms with Gasteiger partial charge >= 0.3 is 0 Å². The van der Waals surface area contributed by atoms with Crippen molar-refractivity contribution in [3.63, 3.8) is 0 Å². The van der Waals surface area contributed by atoms with Crippen LogP contribution in [0.1, 0.15) is 27.8 Å². The minimum Gasteiger partial charge on any atom is -1.00 e. The smallest absolute Gasteiger partial charge is 0.221 e. The van der Waals surface area contributed by atoms with Gasteiger partial charge in [0.15, 0.2) is 25.5 Å². The molecule has 158 valence electrons. The lowest BCUT2D eigenvalue weighted by atomic mass is 9.79. The minimum atomic E-state index is 0. The quantitative estimate of drug-likeness (QED) is 0.170. The number of fused-ring (bicyclic) bond motifs is 9. The van der Waals surface area contributed by atoms with E-state index < -0.39 is 0 Å². The maximum atomic E-state index is 2.48. The van der Waals surface area contributed by atoms with Crippen molar-refractivity contribution in [3.8, 4) is 22.5 Å². The van der Waals surface area contributed by atoms with Gasteiger partial charge < -0.3 is 48.0 Å². The molecule has 2 nitrogen and oxygen atoms in total. The van der Waals surface area contributed by atoms with E-state index in [1.807, 2.05) is 0 Å². The van der Waals surface area contributed by atoms with E-state index in [9.17, 15) is 0 Å². The Kier molecular flexibility index (Phi) is 6.16. The summed E-state index contributed by atoms with van der Waals surface area (Å²) in [6.45, 7) is 9.01. The zero-order valence-electron chi connectivity index (χ0n) is 18.2. The topological polar surface area (TPSA) is 7.76 Å². The van der Waals surface area contributed by atoms with Gasteiger partial charge in [-0.15, -0.1) is 0 Å². The van der Waals surface area contributed by atoms with Crippen molar-refractivity contribution in [2.75, 3.05) is 0 Å². The lowest BCUT2D eigenvalue weighted by Crippen LogP contribution is -3.00. The summed E-state index contributed by atoms with van der Waals surface area (Å²) in [6.07, 6.45) is 6.78. The molecule has 0 radical (unpaired) electrons. The Morgan fingerprint density at radius 3 is 2.13 bits per heavy atom. The summed E-state index contributed by atoms with van der Waals surface area (Å²) in [5, 5.41) is 2.69. The van der Waals surface area contributed by atoms with E-state index in [1.54, 1.807) is 11.1 Å². The van der Waals surface area contributed by atoms with Crippen molar-refractivity contribution < 1.29 is 57.1 Å². The number of aryl methyl sites for hydroxylation is 3. The van der Waals surface area contributed by atoms with Crippen LogP contribution in [0.3, 0.4) is 0 Å². The van der Waals surface area contributed by atoms with Crippen molar-refractivity contribution in [1.29, 1.82) is 0 Å². The molecule has 0 saturated carbocycles. The Labute approximate surface area is 218 Å². The molecule has 2 aromatic carbocycles. The van der Waals surface area contributed by atoms with Crippen molar-refractivity contribution >= 4 is 10.8 Å². The van der Waals surface area contributed by atoms with Gasteiger partial charge in [0.05, 0.1) is 16.5 Å². The van der Waals surface area contributed by atoms with Crippen LogP contribution in [0.4, 0.5) is 0 Å². The second-order valence-corrected chi connectivity index (χ2v) is 8.68. The third-order valence-electron chi connectivity index (χ3n) is 7.15. The van der Waals surface area contributed by atoms with Crippen LogP contribution in [0.2, 0.25) is 0 Å². The predicted molar refractivity (Wildman–Crippen MR) is 117 cm³/mol. The van der Waals surface area contributed by atoms with Crippen molar-refractivity contribution in [2.24, 2.45) is 0 Å². The third-order valence-corrected chi connectivity index (χ3v) is 7.15. The highest BCUT2D eigenvalue weighted by atomic mass is 127. The molecule has 0 bridgehead atoms. The lowest BCUT2D eigenvalue weighted by Gasteiger charge is -2.27. The Bertz CT molecular complexity index is 1340. The molecule has 4 heteroatoms. The van der Waals surface area contributed by atoms with Gasteiger partial charge in [0.2, 0.25) is 11.4 Å². The predicted octanol–water partition coefficient (Wildman–Crippen LogP) is -1.21. The van der Waals surface area contributed by atoms with Crippen LogP contribution < -0.4 is 57.1 Å². The average molecular weight is 632 g/mol. The SMILES string of the molecule is Cc1cc[n+]2c(c1)-c1c(c(C)c(C)c3c1-c1c4ccccc4cc[n+]1CC3)CC2.[I-].[I-]. The number of hydrogen-bond acceptors (Lipinski definition) is 0. The van der Waals surface area contributed by atoms with E-state index in [4.69, 9.17) is 0 Å². The second kappa shape index (κ2) is 8.43. The molecule has 0 amide bonds. The fourth-order valence-corrected chi connectivity index (χ4v) is 5.53. The molecular weight excluding hydrogens is 606 g/mol. The van der Waals surface area contributed by atoms with Gasteiger partial charge in [-0.25, -0.2) is 0 Å². The summed E-state index contributed by atoms with van der Waals surface area (Å²) in [5.41, 5.74) is 13.2. The maximum absolute atomic E-state index is 2.48. The first-order valence-corrected chi connectivity index (χ1v) is 10.7. The van der Waals surface area contributed by atoms with Crippen molar-refractivity contribution in [2.45, 2.75) is 46.7 Å². The number of benzene rings is 2. The average Bonchev–Trinajstić information content (AvgIpc) is 2.75. The maximum Gasteiger partial charge on any atom is 0.221 e. The number of rotatable bonds is 0. The van der Waals surface area contributed by atoms with Crippen LogP contribution in [0.15, 0.2) is 54.9 Å². The molecule has 0 spiro atoms. The molecule has 4 heterocycles. The number of nitrogens with zero attached hydrogens (tertiary/aromatic N) is 2. The molecular formula is C27H26I2N2. The van der Waals surface area contributed by atoms with Gasteiger partial charge in [0, 0.05) is 31.0 Å². The summed E-state index contributed by atoms with van der Waals surface area (Å²) in [5.74, 6) is 0. The second-order valence-electron chi connectivity index (χ2n) is 8.68. The van der Waals surface area contributed by atoms with E-state index in [0.717, 1.165) is 25.9 Å². The highest BCUT2D eigenvalue weighted by Crippen LogP contribution is 2.44. The van der Waals surface area contributed by atoms with Crippen LogP contribution in [0.25, 0.3) is 33.3 Å². The molecule has 2 aliphatic heterocycles. The van der Waals surface area contributed by atoms with E-state index in [1.165, 1.54) is 50.0 Å². The number of hydrogen-bond donors (Lipinski definition) is 0. The van der Waals surface area contributed by atoms with Gasteiger partial charge in [-0.2, -0.15) is 9.13 Å². The Balaban J connectivity index is 0.00000116. The molecule has 0 fully saturated rings. The van der Waals surface area contributed by atoms with Crippen LogP contribution in [-0.4, -0.2) is 0 Å². The monoisotopic (exact) mass is 632 g/mol. The summed E-state index contributed by atoms with van der Waals surface area (Å²) in [4.78, 5) is 0. The molecule has 0 saturated heterocycles. The number of halogens is 2. The largest absolute Gasteiger partial charge is 1.00 e. The standard InChI is InChI=1S/C27H26N2.2HI/c1-17-8-12-28-14-10-21-18(2)19(3)22-11-15-29-13-9-20-6-4-5-7-23(20)27(29)26(22)25(21)24(28)16-17;;/h4-9,12-13,16H,10-11,14-15H2,1-3H3;2*1H/q+2;;/p-2.